The number of aliphatic hydroxyl groups excluding tert-OH is 1. The van der Waals surface area contributed by atoms with Gasteiger partial charge in [-0.2, -0.15) is 0 Å². The Morgan fingerprint density at radius 1 is 1.39 bits per heavy atom. The highest BCUT2D eigenvalue weighted by Gasteiger charge is 2.31. The number of aliphatic hydroxyl groups is 1. The van der Waals surface area contributed by atoms with E-state index in [1.165, 1.54) is 18.0 Å². The second kappa shape index (κ2) is 11.1. The van der Waals surface area contributed by atoms with Crippen LogP contribution in [0.2, 0.25) is 0 Å². The first-order valence-electron chi connectivity index (χ1n) is 10.8. The Morgan fingerprint density at radius 3 is 2.67 bits per heavy atom. The average molecular weight is 477 g/mol. The highest BCUT2D eigenvalue weighted by Crippen LogP contribution is 2.41. The minimum absolute atomic E-state index is 0.0707. The topological polar surface area (TPSA) is 119 Å². The van der Waals surface area contributed by atoms with Crippen molar-refractivity contribution in [2.75, 3.05) is 11.9 Å². The van der Waals surface area contributed by atoms with Crippen LogP contribution in [-0.2, 0) is 6.54 Å². The van der Waals surface area contributed by atoms with E-state index in [0.29, 0.717) is 6.54 Å². The van der Waals surface area contributed by atoms with Gasteiger partial charge in [0.25, 0.3) is 5.91 Å². The molecule has 10 heteroatoms. The van der Waals surface area contributed by atoms with Gasteiger partial charge >= 0.3 is 0 Å². The van der Waals surface area contributed by atoms with Gasteiger partial charge in [-0.3, -0.25) is 15.2 Å². The molecule has 8 nitrogen and oxygen atoms in total. The van der Waals surface area contributed by atoms with Crippen LogP contribution in [-0.4, -0.2) is 49.3 Å². The Hall–Kier alpha value is -2.53. The largest absolute Gasteiger partial charge is 0.394 e. The molecule has 0 saturated heterocycles. The second-order valence-corrected chi connectivity index (χ2v) is 9.45. The fourth-order valence-corrected chi connectivity index (χ4v) is 4.04. The van der Waals surface area contributed by atoms with Crippen molar-refractivity contribution in [3.63, 3.8) is 0 Å². The van der Waals surface area contributed by atoms with Crippen molar-refractivity contribution in [3.8, 4) is 0 Å². The standard InChI is InChI=1S/C21H27FN6O2S.C2H6/c1-12(11-29)28(24)19(23)16-6-5-7-18(25-16)26-20(30)14-9-17-13(8-15(14)22)10-27(31-17)21(2,3)4;1-2/h5-9,12,23,29H,10-11,24H2,1-4H3,(H,25,26,30);1-2H3. The monoisotopic (exact) mass is 476 g/mol. The zero-order valence-corrected chi connectivity index (χ0v) is 20.8. The molecule has 0 spiro atoms. The lowest BCUT2D eigenvalue weighted by Gasteiger charge is -2.29. The molecule has 1 amide bonds. The predicted octanol–water partition coefficient (Wildman–Crippen LogP) is 4.00. The highest BCUT2D eigenvalue weighted by molar-refractivity contribution is 7.97. The van der Waals surface area contributed by atoms with Crippen molar-refractivity contribution in [1.82, 2.24) is 14.3 Å². The normalized spacial score (nSPS) is 14.1. The van der Waals surface area contributed by atoms with Gasteiger partial charge in [0.05, 0.1) is 18.2 Å². The van der Waals surface area contributed by atoms with Crippen molar-refractivity contribution in [3.05, 3.63) is 53.0 Å². The van der Waals surface area contributed by atoms with Gasteiger partial charge < -0.3 is 10.4 Å². The van der Waals surface area contributed by atoms with Gasteiger partial charge in [0, 0.05) is 17.0 Å². The van der Waals surface area contributed by atoms with Crippen molar-refractivity contribution < 1.29 is 14.3 Å². The van der Waals surface area contributed by atoms with E-state index in [2.05, 4.69) is 35.4 Å². The van der Waals surface area contributed by atoms with Gasteiger partial charge in [-0.25, -0.2) is 19.5 Å². The molecule has 1 atom stereocenters. The van der Waals surface area contributed by atoms with Gasteiger partial charge in [0.2, 0.25) is 0 Å². The van der Waals surface area contributed by atoms with Gasteiger partial charge in [0.1, 0.15) is 17.3 Å². The van der Waals surface area contributed by atoms with Crippen LogP contribution in [0, 0.1) is 11.2 Å². The van der Waals surface area contributed by atoms with E-state index in [1.54, 1.807) is 31.2 Å². The molecule has 1 aromatic carbocycles. The Bertz CT molecular complexity index is 1010. The molecule has 1 unspecified atom stereocenters. The number of rotatable bonds is 5. The Labute approximate surface area is 199 Å². The second-order valence-electron chi connectivity index (χ2n) is 8.39. The van der Waals surface area contributed by atoms with Gasteiger partial charge in [-0.15, -0.1) is 0 Å². The maximum atomic E-state index is 14.7. The summed E-state index contributed by atoms with van der Waals surface area (Å²) >= 11 is 1.51. The summed E-state index contributed by atoms with van der Waals surface area (Å²) in [6.07, 6.45) is 0. The molecule has 0 radical (unpaired) electrons. The molecule has 0 fully saturated rings. The van der Waals surface area contributed by atoms with Crippen LogP contribution in [0.3, 0.4) is 0 Å². The maximum absolute atomic E-state index is 14.7. The number of amidine groups is 1. The number of aromatic nitrogens is 1. The first-order valence-corrected chi connectivity index (χ1v) is 11.6. The van der Waals surface area contributed by atoms with Crippen LogP contribution in [0.15, 0.2) is 35.2 Å². The zero-order valence-electron chi connectivity index (χ0n) is 19.9. The Morgan fingerprint density at radius 2 is 2.06 bits per heavy atom. The van der Waals surface area contributed by atoms with Gasteiger partial charge in [0.15, 0.2) is 5.84 Å². The molecule has 0 aliphatic carbocycles. The molecule has 1 aliphatic heterocycles. The number of carbonyl (C=O) groups is 1. The third-order valence-corrected chi connectivity index (χ3v) is 6.37. The minimum Gasteiger partial charge on any atom is -0.394 e. The maximum Gasteiger partial charge on any atom is 0.259 e. The molecular weight excluding hydrogens is 443 g/mol. The lowest BCUT2D eigenvalue weighted by Crippen LogP contribution is -2.46. The van der Waals surface area contributed by atoms with E-state index < -0.39 is 17.8 Å². The summed E-state index contributed by atoms with van der Waals surface area (Å²) in [5.41, 5.74) is 0.899. The molecule has 0 bridgehead atoms. The number of hydrogen-bond donors (Lipinski definition) is 4. The fraction of sp³-hybridized carbons (Fsp3) is 0.435. The summed E-state index contributed by atoms with van der Waals surface area (Å²) in [7, 11) is 0. The molecule has 180 valence electrons. The molecule has 2 heterocycles. The Kier molecular flexibility index (Phi) is 8.96. The highest BCUT2D eigenvalue weighted by atomic mass is 32.2. The summed E-state index contributed by atoms with van der Waals surface area (Å²) in [6, 6.07) is 7.22. The lowest BCUT2D eigenvalue weighted by atomic mass is 10.1. The number of amides is 1. The summed E-state index contributed by atoms with van der Waals surface area (Å²) < 4.78 is 16.8. The van der Waals surface area contributed by atoms with Crippen LogP contribution in [0.25, 0.3) is 0 Å². The van der Waals surface area contributed by atoms with Crippen molar-refractivity contribution in [1.29, 1.82) is 5.41 Å². The summed E-state index contributed by atoms with van der Waals surface area (Å²) in [5.74, 6) is 4.66. The molecule has 3 rings (SSSR count). The predicted molar refractivity (Wildman–Crippen MR) is 130 cm³/mol. The van der Waals surface area contributed by atoms with E-state index in [0.717, 1.165) is 15.5 Å². The molecule has 1 aliphatic rings. The average Bonchev–Trinajstić information content (AvgIpc) is 3.22. The number of nitrogens with zero attached hydrogens (tertiary/aromatic N) is 3. The number of nitrogens with one attached hydrogen (secondary N) is 2. The number of benzene rings is 1. The van der Waals surface area contributed by atoms with Crippen LogP contribution in [0.4, 0.5) is 10.2 Å². The fourth-order valence-electron chi connectivity index (χ4n) is 2.92. The van der Waals surface area contributed by atoms with E-state index >= 15 is 0 Å². The third-order valence-electron chi connectivity index (χ3n) is 4.90. The Balaban J connectivity index is 0.00000187. The SMILES string of the molecule is CC.CC(CO)N(N)C(=N)c1cccc(NC(=O)c2cc3c(cc2F)CN(C(C)(C)C)S3)n1. The molecule has 1 aromatic heterocycles. The lowest BCUT2D eigenvalue weighted by molar-refractivity contribution is 0.102. The number of halogens is 1. The summed E-state index contributed by atoms with van der Waals surface area (Å²) in [5, 5.41) is 21.0. The third kappa shape index (κ3) is 6.29. The summed E-state index contributed by atoms with van der Waals surface area (Å²) in [6.45, 7) is 12.3. The van der Waals surface area contributed by atoms with Crippen LogP contribution in [0.1, 0.15) is 63.2 Å². The molecular formula is C23H33FN6O2S. The first kappa shape index (κ1) is 26.7. The molecule has 5 N–H and O–H groups in total. The van der Waals surface area contributed by atoms with E-state index in [4.69, 9.17) is 11.3 Å². The number of carbonyl (C=O) groups excluding carboxylic acids is 1. The van der Waals surface area contributed by atoms with E-state index in [-0.39, 0.29) is 35.1 Å². The van der Waals surface area contributed by atoms with E-state index in [1.807, 2.05) is 13.8 Å². The number of nitrogens with two attached hydrogens (primary N) is 1. The van der Waals surface area contributed by atoms with Crippen molar-refractivity contribution in [2.24, 2.45) is 5.84 Å². The van der Waals surface area contributed by atoms with Crippen LogP contribution >= 0.6 is 11.9 Å². The quantitative estimate of drug-likeness (QED) is 0.169. The number of pyridine rings is 1. The number of fused-ring (bicyclic) bond motifs is 1. The summed E-state index contributed by atoms with van der Waals surface area (Å²) in [4.78, 5) is 17.8. The van der Waals surface area contributed by atoms with Crippen LogP contribution in [0.5, 0.6) is 0 Å². The minimum atomic E-state index is -0.625. The molecule has 33 heavy (non-hydrogen) atoms. The first-order chi connectivity index (χ1) is 15.5. The van der Waals surface area contributed by atoms with Crippen molar-refractivity contribution in [2.45, 2.75) is 64.6 Å². The molecule has 0 saturated carbocycles. The van der Waals surface area contributed by atoms with Gasteiger partial charge in [-0.1, -0.05) is 19.9 Å². The van der Waals surface area contributed by atoms with E-state index in [9.17, 15) is 14.3 Å². The smallest absolute Gasteiger partial charge is 0.259 e. The molecule has 2 aromatic rings. The van der Waals surface area contributed by atoms with Crippen LogP contribution < -0.4 is 11.2 Å². The van der Waals surface area contributed by atoms with Crippen molar-refractivity contribution >= 4 is 29.5 Å². The zero-order chi connectivity index (χ0) is 24.9. The number of anilines is 1. The number of hydrogen-bond acceptors (Lipinski definition) is 7. The number of hydrazine groups is 1. The van der Waals surface area contributed by atoms with Gasteiger partial charge in [-0.05, 0) is 69.5 Å².